The van der Waals surface area contributed by atoms with Crippen molar-refractivity contribution in [3.8, 4) is 0 Å². The minimum atomic E-state index is -2.91. The number of rotatable bonds is 8. The van der Waals surface area contributed by atoms with Crippen LogP contribution in [0.2, 0.25) is 78.6 Å². The van der Waals surface area contributed by atoms with Crippen LogP contribution in [-0.2, 0) is 17.1 Å². The van der Waals surface area contributed by atoms with E-state index in [0.29, 0.717) is 0 Å². The summed E-state index contributed by atoms with van der Waals surface area (Å²) < 4.78 is 11.8. The fourth-order valence-corrected chi connectivity index (χ4v) is 62.1. The summed E-state index contributed by atoms with van der Waals surface area (Å²) in [6.45, 7) is 30.9. The van der Waals surface area contributed by atoms with Crippen molar-refractivity contribution in [1.82, 2.24) is 12.5 Å². The maximum atomic E-state index is 3.19. The first-order chi connectivity index (χ1) is 10.6. The average Bonchev–Trinajstić information content (AvgIpc) is 2.18. The molecule has 0 atom stereocenters. The van der Waals surface area contributed by atoms with Gasteiger partial charge in [-0.25, -0.2) is 0 Å². The molecule has 0 aliphatic carbocycles. The van der Waals surface area contributed by atoms with Gasteiger partial charge < -0.3 is 0 Å². The van der Waals surface area contributed by atoms with Crippen LogP contribution in [0.1, 0.15) is 0 Å². The van der Waals surface area contributed by atoms with Gasteiger partial charge in [-0.1, -0.05) is 0 Å². The van der Waals surface area contributed by atoms with Crippen molar-refractivity contribution in [2.45, 2.75) is 78.6 Å². The molecule has 25 heavy (non-hydrogen) atoms. The van der Waals surface area contributed by atoms with E-state index in [0.717, 1.165) is 0 Å². The molecule has 0 rings (SSSR count). The summed E-state index contributed by atoms with van der Waals surface area (Å²) in [5.41, 5.74) is 0. The van der Waals surface area contributed by atoms with Crippen LogP contribution in [0.15, 0.2) is 0 Å². The van der Waals surface area contributed by atoms with Gasteiger partial charge in [0.1, 0.15) is 0 Å². The molecule has 0 spiro atoms. The molecule has 4 nitrogen and oxygen atoms in total. The quantitative estimate of drug-likeness (QED) is 0.437. The van der Waals surface area contributed by atoms with E-state index < -0.39 is 50.0 Å². The van der Waals surface area contributed by atoms with Crippen molar-refractivity contribution in [3.05, 3.63) is 0 Å². The SMILES string of the molecule is C[N](C)[Mo]([N](C)C)([N]([Si](C)(C)C)[Si](C)(C)C)[N]([Si](C)(C)C)[Si](C)(C)C. The molecule has 0 radical (unpaired) electrons. The molecule has 0 aromatic heterocycles. The predicted octanol–water partition coefficient (Wildman–Crippen LogP) is 4.87. The Bertz CT molecular complexity index is 375. The topological polar surface area (TPSA) is 13.0 Å². The molecule has 0 bridgehead atoms. The summed E-state index contributed by atoms with van der Waals surface area (Å²) in [5.74, 6) is 0. The molecule has 0 fully saturated rings. The molecule has 0 aromatic carbocycles. The van der Waals surface area contributed by atoms with Gasteiger partial charge in [0.2, 0.25) is 0 Å². The van der Waals surface area contributed by atoms with Gasteiger partial charge >= 0.3 is 169 Å². The molecule has 0 saturated heterocycles. The Morgan fingerprint density at radius 1 is 0.400 bits per heavy atom. The standard InChI is InChI=1S/2C6H18NSi2.2C2H6N.Mo/c2*1-8(2,3)7-9(4,5)6;2*1-3-2;/h2*1-6H3;2*1-2H3;/q4*-1;+4. The normalized spacial score (nSPS) is 16.5. The van der Waals surface area contributed by atoms with Crippen molar-refractivity contribution in [2.75, 3.05) is 28.2 Å². The molecule has 0 amide bonds. The Balaban J connectivity index is 7.19. The van der Waals surface area contributed by atoms with Crippen LogP contribution in [0.25, 0.3) is 0 Å². The average molecular weight is 505 g/mol. The van der Waals surface area contributed by atoms with Crippen LogP contribution in [-0.4, -0.2) is 73.6 Å². The number of hydrogen-bond acceptors (Lipinski definition) is 4. The second-order valence-electron chi connectivity index (χ2n) is 11.4. The molecule has 9 heteroatoms. The Kier molecular flexibility index (Phi) is 8.47. The molecular formula is C16H48MoN4Si4. The Hall–Kier alpha value is 1.40. The summed E-state index contributed by atoms with van der Waals surface area (Å²) in [7, 11) is 3.49. The summed E-state index contributed by atoms with van der Waals surface area (Å²) in [6, 6.07) is 0. The van der Waals surface area contributed by atoms with Crippen molar-refractivity contribution in [1.29, 1.82) is 0 Å². The van der Waals surface area contributed by atoms with Gasteiger partial charge in [0.05, 0.1) is 0 Å². The van der Waals surface area contributed by atoms with Crippen LogP contribution < -0.4 is 0 Å². The summed E-state index contributed by atoms with van der Waals surface area (Å²) in [5, 5.41) is 0. The second-order valence-corrected chi connectivity index (χ2v) is 42.7. The fraction of sp³-hybridized carbons (Fsp3) is 1.00. The van der Waals surface area contributed by atoms with Gasteiger partial charge in [0.25, 0.3) is 0 Å². The fourth-order valence-electron chi connectivity index (χ4n) is 4.54. The van der Waals surface area contributed by atoms with Crippen LogP contribution in [0.5, 0.6) is 0 Å². The molecule has 0 aromatic rings. The number of nitrogens with zero attached hydrogens (tertiary/aromatic N) is 4. The maximum absolute atomic E-state index is 3.19. The summed E-state index contributed by atoms with van der Waals surface area (Å²) in [6.07, 6.45) is 0. The van der Waals surface area contributed by atoms with E-state index in [-0.39, 0.29) is 0 Å². The van der Waals surface area contributed by atoms with Gasteiger partial charge in [-0.15, -0.1) is 0 Å². The Morgan fingerprint density at radius 3 is 0.640 bits per heavy atom. The summed E-state index contributed by atoms with van der Waals surface area (Å²) >= 11 is -2.91. The molecule has 154 valence electrons. The van der Waals surface area contributed by atoms with Crippen molar-refractivity contribution >= 4 is 32.9 Å². The summed E-state index contributed by atoms with van der Waals surface area (Å²) in [4.78, 5) is 0. The Labute approximate surface area is 168 Å². The van der Waals surface area contributed by atoms with Crippen LogP contribution in [0, 0.1) is 0 Å². The van der Waals surface area contributed by atoms with Crippen LogP contribution in [0.3, 0.4) is 0 Å². The van der Waals surface area contributed by atoms with E-state index in [9.17, 15) is 0 Å². The first-order valence-electron chi connectivity index (χ1n) is 9.41. The van der Waals surface area contributed by atoms with Crippen molar-refractivity contribution in [2.24, 2.45) is 0 Å². The second kappa shape index (κ2) is 8.03. The molecule has 0 saturated carbocycles. The number of hydrogen-bond donors (Lipinski definition) is 0. The van der Waals surface area contributed by atoms with Crippen molar-refractivity contribution < 1.29 is 17.1 Å². The van der Waals surface area contributed by atoms with Crippen LogP contribution in [0.4, 0.5) is 0 Å². The van der Waals surface area contributed by atoms with E-state index in [2.05, 4.69) is 119 Å². The van der Waals surface area contributed by atoms with Crippen LogP contribution >= 0.6 is 0 Å². The van der Waals surface area contributed by atoms with E-state index in [1.807, 2.05) is 0 Å². The van der Waals surface area contributed by atoms with Crippen molar-refractivity contribution in [3.63, 3.8) is 0 Å². The third-order valence-electron chi connectivity index (χ3n) is 3.91. The van der Waals surface area contributed by atoms with Gasteiger partial charge in [0.15, 0.2) is 0 Å². The molecular weight excluding hydrogens is 456 g/mol. The third kappa shape index (κ3) is 5.70. The van der Waals surface area contributed by atoms with Gasteiger partial charge in [-0.3, -0.25) is 0 Å². The zero-order valence-corrected chi connectivity index (χ0v) is 26.2. The molecule has 0 aliphatic rings. The van der Waals surface area contributed by atoms with Gasteiger partial charge in [0, 0.05) is 0 Å². The van der Waals surface area contributed by atoms with E-state index >= 15 is 0 Å². The zero-order valence-electron chi connectivity index (χ0n) is 20.2. The van der Waals surface area contributed by atoms with Gasteiger partial charge in [-0.2, -0.15) is 0 Å². The third-order valence-corrected chi connectivity index (χ3v) is 46.0. The van der Waals surface area contributed by atoms with E-state index in [1.54, 1.807) is 0 Å². The first kappa shape index (κ1) is 26.4. The van der Waals surface area contributed by atoms with E-state index in [4.69, 9.17) is 0 Å². The zero-order chi connectivity index (χ0) is 20.8. The molecule has 0 aliphatic heterocycles. The monoisotopic (exact) mass is 506 g/mol. The molecule has 0 unspecified atom stereocenters. The predicted molar refractivity (Wildman–Crippen MR) is 124 cm³/mol. The van der Waals surface area contributed by atoms with E-state index in [1.165, 1.54) is 0 Å². The minimum absolute atomic E-state index is 1.50. The first-order valence-corrected chi connectivity index (χ1v) is 26.8. The molecule has 0 heterocycles. The Morgan fingerprint density at radius 2 is 0.560 bits per heavy atom. The van der Waals surface area contributed by atoms with Gasteiger partial charge in [-0.05, 0) is 0 Å². The molecule has 0 N–H and O–H groups in total.